The van der Waals surface area contributed by atoms with Gasteiger partial charge in [0, 0.05) is 6.04 Å². The van der Waals surface area contributed by atoms with E-state index in [4.69, 9.17) is 5.73 Å². The summed E-state index contributed by atoms with van der Waals surface area (Å²) in [6.45, 7) is 7.49. The molecule has 2 N–H and O–H groups in total. The Morgan fingerprint density at radius 3 is 2.55 bits per heavy atom. The van der Waals surface area contributed by atoms with E-state index in [2.05, 4.69) is 6.58 Å². The summed E-state index contributed by atoms with van der Waals surface area (Å²) in [7, 11) is 0. The van der Waals surface area contributed by atoms with Crippen LogP contribution in [0.4, 0.5) is 4.39 Å². The van der Waals surface area contributed by atoms with Gasteiger partial charge in [0.15, 0.2) is 0 Å². The molecular weight excluding hydrogens is 141 g/mol. The Labute approximate surface area is 68.5 Å². The fraction of sp³-hybridized carbons (Fsp3) is 0.778. The van der Waals surface area contributed by atoms with Crippen molar-refractivity contribution in [3.8, 4) is 0 Å². The number of halogens is 1. The molecule has 0 aromatic heterocycles. The van der Waals surface area contributed by atoms with E-state index in [-0.39, 0.29) is 6.04 Å². The van der Waals surface area contributed by atoms with E-state index >= 15 is 0 Å². The molecule has 0 aromatic rings. The summed E-state index contributed by atoms with van der Waals surface area (Å²) in [5.74, 6) is 0. The zero-order valence-corrected chi connectivity index (χ0v) is 7.44. The van der Waals surface area contributed by atoms with Gasteiger partial charge in [-0.15, -0.1) is 0 Å². The van der Waals surface area contributed by atoms with Crippen LogP contribution in [0, 0.1) is 0 Å². The van der Waals surface area contributed by atoms with Crippen LogP contribution in [0.1, 0.15) is 33.1 Å². The van der Waals surface area contributed by atoms with Crippen molar-refractivity contribution >= 4 is 0 Å². The lowest BCUT2D eigenvalue weighted by Gasteiger charge is -2.10. The number of hydrogen-bond acceptors (Lipinski definition) is 1. The lowest BCUT2D eigenvalue weighted by molar-refractivity contribution is 0.305. The third kappa shape index (κ3) is 4.96. The normalized spacial score (nSPS) is 16.0. The highest BCUT2D eigenvalue weighted by molar-refractivity contribution is 5.02. The predicted molar refractivity (Wildman–Crippen MR) is 47.2 cm³/mol. The molecule has 0 saturated heterocycles. The Kier molecular flexibility index (Phi) is 5.12. The molecule has 0 radical (unpaired) electrons. The van der Waals surface area contributed by atoms with Gasteiger partial charge in [-0.2, -0.15) is 0 Å². The Morgan fingerprint density at radius 2 is 2.18 bits per heavy atom. The van der Waals surface area contributed by atoms with Gasteiger partial charge in [0.05, 0.1) is 0 Å². The van der Waals surface area contributed by atoms with Crippen molar-refractivity contribution in [2.75, 3.05) is 0 Å². The molecule has 2 atom stereocenters. The Balaban J connectivity index is 3.46. The molecule has 11 heavy (non-hydrogen) atoms. The number of hydrogen-bond donors (Lipinski definition) is 1. The number of rotatable bonds is 5. The monoisotopic (exact) mass is 159 g/mol. The first-order valence-corrected chi connectivity index (χ1v) is 4.15. The molecule has 1 nitrogen and oxygen atoms in total. The first-order chi connectivity index (χ1) is 5.07. The fourth-order valence-corrected chi connectivity index (χ4v) is 0.774. The summed E-state index contributed by atoms with van der Waals surface area (Å²) in [6.07, 6.45) is 1.18. The molecular formula is C9H18FN. The SMILES string of the molecule is C=C(CCC(F)CC)[C@H](C)N. The van der Waals surface area contributed by atoms with Gasteiger partial charge >= 0.3 is 0 Å². The molecule has 0 fully saturated rings. The van der Waals surface area contributed by atoms with Crippen LogP contribution in [-0.2, 0) is 0 Å². The first kappa shape index (κ1) is 10.6. The van der Waals surface area contributed by atoms with Crippen molar-refractivity contribution in [2.24, 2.45) is 5.73 Å². The minimum Gasteiger partial charge on any atom is -0.324 e. The Bertz CT molecular complexity index is 121. The molecule has 0 heterocycles. The second-order valence-corrected chi connectivity index (χ2v) is 2.99. The van der Waals surface area contributed by atoms with Crippen LogP contribution in [0.15, 0.2) is 12.2 Å². The molecule has 0 amide bonds. The summed E-state index contributed by atoms with van der Waals surface area (Å²) >= 11 is 0. The standard InChI is InChI=1S/C9H18FN/c1-4-9(10)6-5-7(2)8(3)11/h8-9H,2,4-6,11H2,1,3H3/t8-,9?/m0/s1. The molecule has 0 rings (SSSR count). The fourth-order valence-electron chi connectivity index (χ4n) is 0.774. The zero-order chi connectivity index (χ0) is 8.85. The molecule has 66 valence electrons. The topological polar surface area (TPSA) is 26.0 Å². The molecule has 0 spiro atoms. The molecule has 0 saturated carbocycles. The largest absolute Gasteiger partial charge is 0.324 e. The summed E-state index contributed by atoms with van der Waals surface area (Å²) < 4.78 is 12.7. The second kappa shape index (κ2) is 5.30. The average molecular weight is 159 g/mol. The maximum Gasteiger partial charge on any atom is 0.100 e. The minimum atomic E-state index is -0.689. The smallest absolute Gasteiger partial charge is 0.100 e. The van der Waals surface area contributed by atoms with Crippen molar-refractivity contribution in [1.29, 1.82) is 0 Å². The van der Waals surface area contributed by atoms with E-state index < -0.39 is 6.17 Å². The van der Waals surface area contributed by atoms with Gasteiger partial charge in [-0.3, -0.25) is 0 Å². The number of nitrogens with two attached hydrogens (primary N) is 1. The molecule has 0 aromatic carbocycles. The highest BCUT2D eigenvalue weighted by Gasteiger charge is 2.05. The van der Waals surface area contributed by atoms with Crippen molar-refractivity contribution in [3.05, 3.63) is 12.2 Å². The summed E-state index contributed by atoms with van der Waals surface area (Å²) in [4.78, 5) is 0. The lowest BCUT2D eigenvalue weighted by Crippen LogP contribution is -2.17. The summed E-state index contributed by atoms with van der Waals surface area (Å²) in [6, 6.07) is -0.000874. The van der Waals surface area contributed by atoms with Crippen LogP contribution < -0.4 is 5.73 Å². The van der Waals surface area contributed by atoms with Crippen molar-refractivity contribution in [2.45, 2.75) is 45.3 Å². The molecule has 1 unspecified atom stereocenters. The number of alkyl halides is 1. The van der Waals surface area contributed by atoms with E-state index in [0.717, 1.165) is 5.57 Å². The van der Waals surface area contributed by atoms with Crippen LogP contribution in [0.2, 0.25) is 0 Å². The van der Waals surface area contributed by atoms with Crippen LogP contribution in [0.3, 0.4) is 0 Å². The summed E-state index contributed by atoms with van der Waals surface area (Å²) in [5.41, 5.74) is 6.49. The Hall–Kier alpha value is -0.370. The van der Waals surface area contributed by atoms with Crippen molar-refractivity contribution in [3.63, 3.8) is 0 Å². The van der Waals surface area contributed by atoms with E-state index in [1.165, 1.54) is 0 Å². The van der Waals surface area contributed by atoms with Crippen molar-refractivity contribution in [1.82, 2.24) is 0 Å². The average Bonchev–Trinajstić information content (AvgIpc) is 1.99. The second-order valence-electron chi connectivity index (χ2n) is 2.99. The minimum absolute atomic E-state index is 0.000874. The maximum atomic E-state index is 12.7. The van der Waals surface area contributed by atoms with Gasteiger partial charge in [0.1, 0.15) is 6.17 Å². The molecule has 0 aliphatic carbocycles. The van der Waals surface area contributed by atoms with Gasteiger partial charge in [-0.1, -0.05) is 19.1 Å². The van der Waals surface area contributed by atoms with Gasteiger partial charge < -0.3 is 5.73 Å². The summed E-state index contributed by atoms with van der Waals surface area (Å²) in [5, 5.41) is 0. The van der Waals surface area contributed by atoms with Crippen LogP contribution in [0.5, 0.6) is 0 Å². The third-order valence-corrected chi connectivity index (χ3v) is 1.87. The van der Waals surface area contributed by atoms with E-state index in [1.807, 2.05) is 13.8 Å². The van der Waals surface area contributed by atoms with Gasteiger partial charge in [-0.05, 0) is 26.2 Å². The third-order valence-electron chi connectivity index (χ3n) is 1.87. The van der Waals surface area contributed by atoms with Crippen LogP contribution in [-0.4, -0.2) is 12.2 Å². The van der Waals surface area contributed by atoms with Crippen LogP contribution in [0.25, 0.3) is 0 Å². The van der Waals surface area contributed by atoms with E-state index in [1.54, 1.807) is 0 Å². The highest BCUT2D eigenvalue weighted by Crippen LogP contribution is 2.12. The highest BCUT2D eigenvalue weighted by atomic mass is 19.1. The molecule has 0 aliphatic heterocycles. The molecule has 2 heteroatoms. The lowest BCUT2D eigenvalue weighted by atomic mass is 10.0. The van der Waals surface area contributed by atoms with Crippen molar-refractivity contribution < 1.29 is 4.39 Å². The maximum absolute atomic E-state index is 12.7. The van der Waals surface area contributed by atoms with Gasteiger partial charge in [-0.25, -0.2) is 4.39 Å². The molecule has 0 aliphatic rings. The predicted octanol–water partition coefficient (Wildman–Crippen LogP) is 2.42. The first-order valence-electron chi connectivity index (χ1n) is 4.15. The van der Waals surface area contributed by atoms with Gasteiger partial charge in [0.2, 0.25) is 0 Å². The van der Waals surface area contributed by atoms with E-state index in [0.29, 0.717) is 19.3 Å². The zero-order valence-electron chi connectivity index (χ0n) is 7.44. The quantitative estimate of drug-likeness (QED) is 0.612. The van der Waals surface area contributed by atoms with Gasteiger partial charge in [0.25, 0.3) is 0 Å². The van der Waals surface area contributed by atoms with E-state index in [9.17, 15) is 4.39 Å². The Morgan fingerprint density at radius 1 is 1.64 bits per heavy atom. The van der Waals surface area contributed by atoms with Crippen LogP contribution >= 0.6 is 0 Å². The molecule has 0 bridgehead atoms.